The summed E-state index contributed by atoms with van der Waals surface area (Å²) in [6, 6.07) is 0. The van der Waals surface area contributed by atoms with Crippen molar-refractivity contribution < 1.29 is 0 Å². The Morgan fingerprint density at radius 1 is 0.923 bits per heavy atom. The molecule has 0 spiro atoms. The van der Waals surface area contributed by atoms with Crippen molar-refractivity contribution in [3.63, 3.8) is 0 Å². The lowest BCUT2D eigenvalue weighted by Crippen LogP contribution is -2.25. The van der Waals surface area contributed by atoms with Crippen molar-refractivity contribution in [1.29, 1.82) is 0 Å². The van der Waals surface area contributed by atoms with Crippen LogP contribution in [-0.4, -0.2) is 23.6 Å². The summed E-state index contributed by atoms with van der Waals surface area (Å²) in [5.41, 5.74) is 0. The molecule has 2 rings (SSSR count). The van der Waals surface area contributed by atoms with Crippen LogP contribution >= 0.6 is 23.2 Å². The molecule has 0 aromatic heterocycles. The van der Waals surface area contributed by atoms with Gasteiger partial charge in [0.05, 0.1) is 0 Å². The first-order valence-corrected chi connectivity index (χ1v) is 7.68. The molecule has 0 saturated heterocycles. The first kappa shape index (κ1) is 10.4. The van der Waals surface area contributed by atoms with E-state index in [4.69, 9.17) is 0 Å². The van der Waals surface area contributed by atoms with E-state index in [9.17, 15) is 0 Å². The van der Waals surface area contributed by atoms with E-state index in [-0.39, 0.29) is 0 Å². The smallest absolute Gasteiger partial charge is 0.188 e. The zero-order chi connectivity index (χ0) is 9.26. The summed E-state index contributed by atoms with van der Waals surface area (Å²) in [5.74, 6) is 2.16. The predicted octanol–water partition coefficient (Wildman–Crippen LogP) is 2.42. The van der Waals surface area contributed by atoms with Gasteiger partial charge in [0.25, 0.3) is 0 Å². The van der Waals surface area contributed by atoms with Gasteiger partial charge in [-0.05, 0) is 41.6 Å². The van der Waals surface area contributed by atoms with Crippen LogP contribution in [0.3, 0.4) is 0 Å². The third-order valence-corrected chi connectivity index (χ3v) is 6.06. The van der Waals surface area contributed by atoms with Crippen LogP contribution < -0.4 is 0 Å². The van der Waals surface area contributed by atoms with Crippen molar-refractivity contribution in [2.75, 3.05) is 0 Å². The van der Waals surface area contributed by atoms with Crippen molar-refractivity contribution in [2.45, 2.75) is 43.4 Å². The van der Waals surface area contributed by atoms with E-state index < -0.39 is 0 Å². The standard InChI is InChI=1S/C9H18B2S2/c1-10-12-8-4-6-3-7(8)9(5-6)13-11-2/h6-11H,3-5H2,1-2H3. The maximum Gasteiger partial charge on any atom is 0.188 e. The fourth-order valence-corrected chi connectivity index (χ4v) is 5.90. The second kappa shape index (κ2) is 4.57. The molecule has 0 radical (unpaired) electrons. The largest absolute Gasteiger partial charge is 0.211 e. The van der Waals surface area contributed by atoms with E-state index in [0.29, 0.717) is 0 Å². The first-order chi connectivity index (χ1) is 6.35. The average Bonchev–Trinajstić information content (AvgIpc) is 2.64. The first-order valence-electron chi connectivity index (χ1n) is 5.58. The molecule has 2 bridgehead atoms. The lowest BCUT2D eigenvalue weighted by Gasteiger charge is -2.28. The van der Waals surface area contributed by atoms with Crippen LogP contribution in [-0.2, 0) is 0 Å². The molecular weight excluding hydrogens is 194 g/mol. The summed E-state index contributed by atoms with van der Waals surface area (Å²) >= 11 is 4.44. The zero-order valence-electron chi connectivity index (χ0n) is 8.66. The van der Waals surface area contributed by atoms with Gasteiger partial charge in [-0.15, -0.1) is 0 Å². The van der Waals surface area contributed by atoms with Crippen molar-refractivity contribution in [2.24, 2.45) is 11.8 Å². The molecule has 4 heteroatoms. The van der Waals surface area contributed by atoms with E-state index in [1.807, 2.05) is 0 Å². The molecule has 13 heavy (non-hydrogen) atoms. The van der Waals surface area contributed by atoms with Crippen LogP contribution in [0.25, 0.3) is 0 Å². The van der Waals surface area contributed by atoms with Crippen LogP contribution in [0.4, 0.5) is 0 Å². The Morgan fingerprint density at radius 3 is 1.85 bits per heavy atom. The molecule has 0 amide bonds. The zero-order valence-corrected chi connectivity index (χ0v) is 10.3. The van der Waals surface area contributed by atoms with Gasteiger partial charge in [0.15, 0.2) is 13.1 Å². The second-order valence-corrected chi connectivity index (χ2v) is 7.26. The molecule has 2 saturated carbocycles. The third kappa shape index (κ3) is 2.09. The highest BCUT2D eigenvalue weighted by atomic mass is 32.2. The quantitative estimate of drug-likeness (QED) is 0.656. The van der Waals surface area contributed by atoms with Gasteiger partial charge in [-0.1, -0.05) is 13.6 Å². The van der Waals surface area contributed by atoms with Gasteiger partial charge in [-0.3, -0.25) is 0 Å². The molecule has 0 heterocycles. The van der Waals surface area contributed by atoms with Gasteiger partial charge < -0.3 is 0 Å². The molecule has 2 aliphatic carbocycles. The third-order valence-electron chi connectivity index (χ3n) is 3.45. The molecule has 0 aromatic rings. The molecule has 0 aliphatic heterocycles. The molecular formula is C9H18B2S2. The summed E-state index contributed by atoms with van der Waals surface area (Å²) in [7, 11) is 0. The summed E-state index contributed by atoms with van der Waals surface area (Å²) in [6.45, 7) is 7.24. The Hall–Kier alpha value is 0.830. The average molecular weight is 212 g/mol. The van der Waals surface area contributed by atoms with E-state index in [2.05, 4.69) is 36.9 Å². The van der Waals surface area contributed by atoms with Gasteiger partial charge in [0.2, 0.25) is 0 Å². The van der Waals surface area contributed by atoms with Gasteiger partial charge in [-0.25, -0.2) is 23.2 Å². The molecule has 2 unspecified atom stereocenters. The maximum atomic E-state index is 2.30. The Balaban J connectivity index is 1.90. The Bertz CT molecular complexity index is 161. The lowest BCUT2D eigenvalue weighted by molar-refractivity contribution is 0.506. The van der Waals surface area contributed by atoms with Crippen molar-refractivity contribution in [3.05, 3.63) is 0 Å². The second-order valence-electron chi connectivity index (χ2n) is 4.22. The molecule has 2 aliphatic rings. The molecule has 0 aromatic carbocycles. The van der Waals surface area contributed by atoms with E-state index in [1.165, 1.54) is 26.0 Å². The van der Waals surface area contributed by atoms with Gasteiger partial charge in [0, 0.05) is 0 Å². The fourth-order valence-electron chi connectivity index (χ4n) is 3.03. The Labute approximate surface area is 91.7 Å². The van der Waals surface area contributed by atoms with E-state index >= 15 is 0 Å². The maximum absolute atomic E-state index is 2.30. The Kier molecular flexibility index (Phi) is 3.64. The molecule has 2 atom stereocenters. The fraction of sp³-hybridized carbons (Fsp3) is 1.00. The van der Waals surface area contributed by atoms with E-state index in [1.54, 1.807) is 6.42 Å². The SMILES string of the molecule is CBSC1CC2CC(SBC)C1C2. The topological polar surface area (TPSA) is 0 Å². The summed E-state index contributed by atoms with van der Waals surface area (Å²) in [6.07, 6.45) is 4.61. The van der Waals surface area contributed by atoms with Crippen molar-refractivity contribution >= 4 is 36.3 Å². The van der Waals surface area contributed by atoms with Gasteiger partial charge >= 0.3 is 0 Å². The molecule has 0 nitrogen and oxygen atoms in total. The highest BCUT2D eigenvalue weighted by molar-refractivity contribution is 8.23. The minimum atomic E-state index is 1.02. The summed E-state index contributed by atoms with van der Waals surface area (Å²) in [4.78, 5) is 0. The molecule has 0 N–H and O–H groups in total. The number of hydrogen-bond acceptors (Lipinski definition) is 2. The van der Waals surface area contributed by atoms with Crippen LogP contribution in [0.5, 0.6) is 0 Å². The molecule has 72 valence electrons. The highest BCUT2D eigenvalue weighted by Gasteiger charge is 2.45. The molecule has 2 fully saturated rings. The summed E-state index contributed by atoms with van der Waals surface area (Å²) < 4.78 is 0. The number of rotatable bonds is 4. The van der Waals surface area contributed by atoms with Crippen LogP contribution in [0, 0.1) is 11.8 Å². The van der Waals surface area contributed by atoms with Crippen molar-refractivity contribution in [3.8, 4) is 0 Å². The van der Waals surface area contributed by atoms with Crippen LogP contribution in [0.2, 0.25) is 13.6 Å². The van der Waals surface area contributed by atoms with Crippen LogP contribution in [0.1, 0.15) is 19.3 Å². The van der Waals surface area contributed by atoms with Crippen molar-refractivity contribution in [1.82, 2.24) is 0 Å². The van der Waals surface area contributed by atoms with Crippen LogP contribution in [0.15, 0.2) is 0 Å². The summed E-state index contributed by atoms with van der Waals surface area (Å²) in [5, 5.41) is 2.04. The van der Waals surface area contributed by atoms with Gasteiger partial charge in [-0.2, -0.15) is 0 Å². The highest BCUT2D eigenvalue weighted by Crippen LogP contribution is 2.52. The van der Waals surface area contributed by atoms with Gasteiger partial charge in [0.1, 0.15) is 0 Å². The number of hydrogen-bond donors (Lipinski definition) is 0. The monoisotopic (exact) mass is 212 g/mol. The number of fused-ring (bicyclic) bond motifs is 2. The Morgan fingerprint density at radius 2 is 1.46 bits per heavy atom. The van der Waals surface area contributed by atoms with E-state index in [0.717, 1.165) is 22.3 Å². The minimum Gasteiger partial charge on any atom is -0.211 e. The normalized spacial score (nSPS) is 42.3. The lowest BCUT2D eigenvalue weighted by atomic mass is 9.99. The minimum absolute atomic E-state index is 1.02. The predicted molar refractivity (Wildman–Crippen MR) is 69.6 cm³/mol.